The summed E-state index contributed by atoms with van der Waals surface area (Å²) in [6, 6.07) is 10.1. The normalized spacial score (nSPS) is 19.1. The van der Waals surface area contributed by atoms with E-state index >= 15 is 0 Å². The molecule has 2 aliphatic carbocycles. The largest absolute Gasteiger partial charge is 0.370 e. The van der Waals surface area contributed by atoms with E-state index in [1.807, 2.05) is 25.3 Å². The molecule has 130 valence electrons. The lowest BCUT2D eigenvalue weighted by Crippen LogP contribution is -2.50. The molecule has 1 aromatic carbocycles. The highest BCUT2D eigenvalue weighted by Crippen LogP contribution is 2.40. The fourth-order valence-electron chi connectivity index (χ4n) is 3.86. The number of rotatable bonds is 2. The molecule has 0 spiro atoms. The molecule has 0 bridgehead atoms. The second-order valence-electron chi connectivity index (χ2n) is 6.80. The third-order valence-electron chi connectivity index (χ3n) is 5.08. The van der Waals surface area contributed by atoms with Crippen molar-refractivity contribution in [2.45, 2.75) is 31.8 Å². The average molecular weight is 348 g/mol. The lowest BCUT2D eigenvalue weighted by atomic mass is 9.79. The number of hydrogen-bond acceptors (Lipinski definition) is 4. The third kappa shape index (κ3) is 2.21. The standard InChI is InChI=1S/C21H18NO4/c1-13-6-5-11-22(12-13)16-9-4-10-17(23)18(16)21(26)19(24)14-7-2-3-8-15(14)20(21)25/h2-3,5-8,11-12,26H,4,9-10H2,1H3/q+1. The van der Waals surface area contributed by atoms with Crippen molar-refractivity contribution in [2.24, 2.45) is 0 Å². The number of ketones is 3. The van der Waals surface area contributed by atoms with Gasteiger partial charge in [0.25, 0.3) is 0 Å². The van der Waals surface area contributed by atoms with Gasteiger partial charge in [-0.2, -0.15) is 4.57 Å². The number of Topliss-reactive ketones (excluding diaryl/α,β-unsaturated/α-hetero) is 3. The first kappa shape index (κ1) is 16.5. The minimum Gasteiger partial charge on any atom is -0.370 e. The lowest BCUT2D eigenvalue weighted by molar-refractivity contribution is -0.584. The number of aryl methyl sites for hydroxylation is 1. The summed E-state index contributed by atoms with van der Waals surface area (Å²) in [4.78, 5) is 38.7. The van der Waals surface area contributed by atoms with Crippen LogP contribution in [0.15, 0.2) is 54.4 Å². The van der Waals surface area contributed by atoms with Gasteiger partial charge in [-0.25, -0.2) is 0 Å². The second-order valence-corrected chi connectivity index (χ2v) is 6.80. The summed E-state index contributed by atoms with van der Waals surface area (Å²) >= 11 is 0. The van der Waals surface area contributed by atoms with Crippen molar-refractivity contribution in [3.8, 4) is 0 Å². The minimum atomic E-state index is -2.44. The number of allylic oxidation sites excluding steroid dienone is 1. The van der Waals surface area contributed by atoms with Crippen LogP contribution in [-0.2, 0) is 4.79 Å². The highest BCUT2D eigenvalue weighted by Gasteiger charge is 2.58. The van der Waals surface area contributed by atoms with E-state index in [4.69, 9.17) is 0 Å². The van der Waals surface area contributed by atoms with Gasteiger partial charge in [0.05, 0.1) is 0 Å². The van der Waals surface area contributed by atoms with Gasteiger partial charge in [-0.1, -0.05) is 24.3 Å². The predicted molar refractivity (Wildman–Crippen MR) is 93.5 cm³/mol. The van der Waals surface area contributed by atoms with Gasteiger partial charge in [-0.05, 0) is 19.4 Å². The Kier molecular flexibility index (Phi) is 3.70. The number of aliphatic hydroxyl groups is 1. The van der Waals surface area contributed by atoms with Crippen molar-refractivity contribution in [3.05, 3.63) is 71.1 Å². The van der Waals surface area contributed by atoms with Gasteiger partial charge in [-0.15, -0.1) is 0 Å². The van der Waals surface area contributed by atoms with Crippen LogP contribution in [0, 0.1) is 6.92 Å². The Bertz CT molecular complexity index is 968. The SMILES string of the molecule is Cc1ccc[n+](C2=C(C3(O)C(=O)c4ccccc4C3=O)C(=O)CCC2)c1. The Morgan fingerprint density at radius 2 is 1.62 bits per heavy atom. The maximum Gasteiger partial charge on any atom is 0.226 e. The number of carbonyl (C=O) groups is 3. The number of aromatic nitrogens is 1. The molecule has 0 atom stereocenters. The van der Waals surface area contributed by atoms with Crippen LogP contribution in [0.1, 0.15) is 45.5 Å². The number of nitrogens with zero attached hydrogens (tertiary/aromatic N) is 1. The number of fused-ring (bicyclic) bond motifs is 1. The van der Waals surface area contributed by atoms with Crippen LogP contribution >= 0.6 is 0 Å². The van der Waals surface area contributed by atoms with Gasteiger partial charge in [0.2, 0.25) is 17.2 Å². The molecule has 2 aliphatic rings. The van der Waals surface area contributed by atoms with Crippen LogP contribution in [0.4, 0.5) is 0 Å². The number of carbonyl (C=O) groups excluding carboxylic acids is 3. The molecule has 2 aromatic rings. The van der Waals surface area contributed by atoms with Gasteiger partial charge in [-0.3, -0.25) is 14.4 Å². The zero-order chi connectivity index (χ0) is 18.5. The third-order valence-corrected chi connectivity index (χ3v) is 5.08. The Labute approximate surface area is 150 Å². The number of hydrogen-bond donors (Lipinski definition) is 1. The van der Waals surface area contributed by atoms with Gasteiger partial charge in [0, 0.05) is 35.6 Å². The van der Waals surface area contributed by atoms with Crippen LogP contribution in [0.25, 0.3) is 5.70 Å². The zero-order valence-corrected chi connectivity index (χ0v) is 14.4. The molecule has 0 saturated carbocycles. The smallest absolute Gasteiger partial charge is 0.226 e. The van der Waals surface area contributed by atoms with Crippen molar-refractivity contribution >= 4 is 23.0 Å². The highest BCUT2D eigenvalue weighted by molar-refractivity contribution is 6.37. The van der Waals surface area contributed by atoms with Gasteiger partial charge in [0.1, 0.15) is 5.57 Å². The molecule has 0 unspecified atom stereocenters. The first-order valence-electron chi connectivity index (χ1n) is 8.60. The van der Waals surface area contributed by atoms with E-state index in [1.165, 1.54) is 12.1 Å². The van der Waals surface area contributed by atoms with Crippen molar-refractivity contribution in [2.75, 3.05) is 0 Å². The van der Waals surface area contributed by atoms with Gasteiger partial charge < -0.3 is 5.11 Å². The topological polar surface area (TPSA) is 75.3 Å². The molecule has 0 aliphatic heterocycles. The quantitative estimate of drug-likeness (QED) is 0.666. The van der Waals surface area contributed by atoms with Gasteiger partial charge >= 0.3 is 0 Å². The minimum absolute atomic E-state index is 0.0782. The molecule has 1 aromatic heterocycles. The van der Waals surface area contributed by atoms with Crippen molar-refractivity contribution in [3.63, 3.8) is 0 Å². The Balaban J connectivity index is 1.98. The summed E-state index contributed by atoms with van der Waals surface area (Å²) in [5, 5.41) is 11.3. The van der Waals surface area contributed by atoms with Crippen molar-refractivity contribution < 1.29 is 24.1 Å². The van der Waals surface area contributed by atoms with Crippen LogP contribution in [-0.4, -0.2) is 28.1 Å². The fraction of sp³-hybridized carbons (Fsp3) is 0.238. The van der Waals surface area contributed by atoms with E-state index in [9.17, 15) is 19.5 Å². The maximum absolute atomic E-state index is 13.0. The predicted octanol–water partition coefficient (Wildman–Crippen LogP) is 2.06. The molecule has 1 heterocycles. The first-order chi connectivity index (χ1) is 12.4. The zero-order valence-electron chi connectivity index (χ0n) is 14.4. The van der Waals surface area contributed by atoms with E-state index in [0.29, 0.717) is 18.5 Å². The Hall–Kier alpha value is -2.92. The van der Waals surface area contributed by atoms with E-state index in [-0.39, 0.29) is 28.9 Å². The Morgan fingerprint density at radius 1 is 0.962 bits per heavy atom. The van der Waals surface area contributed by atoms with Crippen molar-refractivity contribution in [1.82, 2.24) is 0 Å². The van der Waals surface area contributed by atoms with Crippen molar-refractivity contribution in [1.29, 1.82) is 0 Å². The highest BCUT2D eigenvalue weighted by atomic mass is 16.3. The summed E-state index contributed by atoms with van der Waals surface area (Å²) in [6.07, 6.45) is 4.93. The number of benzene rings is 1. The van der Waals surface area contributed by atoms with E-state index in [0.717, 1.165) is 5.56 Å². The summed E-state index contributed by atoms with van der Waals surface area (Å²) in [7, 11) is 0. The molecule has 0 amide bonds. The molecule has 0 fully saturated rings. The molecular weight excluding hydrogens is 330 g/mol. The van der Waals surface area contributed by atoms with Gasteiger partial charge in [0.15, 0.2) is 23.9 Å². The summed E-state index contributed by atoms with van der Waals surface area (Å²) in [5.74, 6) is -1.78. The van der Waals surface area contributed by atoms with E-state index in [2.05, 4.69) is 0 Å². The summed E-state index contributed by atoms with van der Waals surface area (Å²) < 4.78 is 1.74. The average Bonchev–Trinajstić information content (AvgIpc) is 2.84. The first-order valence-corrected chi connectivity index (χ1v) is 8.60. The number of pyridine rings is 1. The molecule has 5 heteroatoms. The van der Waals surface area contributed by atoms with Crippen LogP contribution in [0.2, 0.25) is 0 Å². The summed E-state index contributed by atoms with van der Waals surface area (Å²) in [5.41, 5.74) is -0.698. The molecule has 5 nitrogen and oxygen atoms in total. The van der Waals surface area contributed by atoms with Crippen LogP contribution < -0.4 is 4.57 Å². The Morgan fingerprint density at radius 3 is 2.23 bits per heavy atom. The summed E-state index contributed by atoms with van der Waals surface area (Å²) in [6.45, 7) is 1.91. The molecule has 26 heavy (non-hydrogen) atoms. The molecule has 0 radical (unpaired) electrons. The maximum atomic E-state index is 13.0. The van der Waals surface area contributed by atoms with E-state index in [1.54, 1.807) is 22.9 Å². The molecule has 1 N–H and O–H groups in total. The lowest BCUT2D eigenvalue weighted by Gasteiger charge is -2.25. The fourth-order valence-corrected chi connectivity index (χ4v) is 3.86. The molecule has 4 rings (SSSR count). The molecule has 0 saturated heterocycles. The van der Waals surface area contributed by atoms with Crippen LogP contribution in [0.5, 0.6) is 0 Å². The molecular formula is C21H18NO4+. The van der Waals surface area contributed by atoms with Crippen LogP contribution in [0.3, 0.4) is 0 Å². The monoisotopic (exact) mass is 348 g/mol. The second kappa shape index (κ2) is 5.81. The van der Waals surface area contributed by atoms with E-state index < -0.39 is 17.2 Å².